The Labute approximate surface area is 112 Å². The van der Waals surface area contributed by atoms with Crippen molar-refractivity contribution in [1.29, 1.82) is 5.26 Å². The SMILES string of the molecule is CN(CCC#N)S(=O)(=O)c1cccc2ccccc12. The Morgan fingerprint density at radius 3 is 2.58 bits per heavy atom. The first-order valence-electron chi connectivity index (χ1n) is 5.88. The molecule has 0 aromatic heterocycles. The van der Waals surface area contributed by atoms with E-state index in [0.29, 0.717) is 5.39 Å². The van der Waals surface area contributed by atoms with Crippen LogP contribution in [0.4, 0.5) is 0 Å². The van der Waals surface area contributed by atoms with Gasteiger partial charge in [-0.15, -0.1) is 0 Å². The second kappa shape index (κ2) is 5.39. The summed E-state index contributed by atoms with van der Waals surface area (Å²) in [5.74, 6) is 0. The van der Waals surface area contributed by atoms with E-state index in [-0.39, 0.29) is 17.9 Å². The van der Waals surface area contributed by atoms with E-state index >= 15 is 0 Å². The molecule has 0 radical (unpaired) electrons. The van der Waals surface area contributed by atoms with E-state index in [9.17, 15) is 8.42 Å². The second-order valence-electron chi connectivity index (χ2n) is 4.21. The Hall–Kier alpha value is -1.90. The lowest BCUT2D eigenvalue weighted by Gasteiger charge is -2.17. The van der Waals surface area contributed by atoms with Crippen molar-refractivity contribution in [1.82, 2.24) is 4.31 Å². The summed E-state index contributed by atoms with van der Waals surface area (Å²) < 4.78 is 26.2. The zero-order valence-corrected chi connectivity index (χ0v) is 11.4. The number of fused-ring (bicyclic) bond motifs is 1. The minimum atomic E-state index is -3.56. The van der Waals surface area contributed by atoms with Gasteiger partial charge in [-0.25, -0.2) is 8.42 Å². The monoisotopic (exact) mass is 274 g/mol. The highest BCUT2D eigenvalue weighted by molar-refractivity contribution is 7.89. The molecule has 98 valence electrons. The maximum absolute atomic E-state index is 12.5. The topological polar surface area (TPSA) is 61.2 Å². The predicted octanol–water partition coefficient (Wildman–Crippen LogP) is 2.37. The molecule has 0 unspecified atom stereocenters. The molecule has 4 nitrogen and oxygen atoms in total. The first-order chi connectivity index (χ1) is 9.07. The molecule has 0 spiro atoms. The van der Waals surface area contributed by atoms with E-state index in [2.05, 4.69) is 0 Å². The van der Waals surface area contributed by atoms with Crippen LogP contribution < -0.4 is 0 Å². The molecule has 0 N–H and O–H groups in total. The van der Waals surface area contributed by atoms with E-state index in [1.54, 1.807) is 18.2 Å². The highest BCUT2D eigenvalue weighted by Gasteiger charge is 2.22. The summed E-state index contributed by atoms with van der Waals surface area (Å²) in [5, 5.41) is 10.1. The van der Waals surface area contributed by atoms with Crippen LogP contribution >= 0.6 is 0 Å². The van der Waals surface area contributed by atoms with Crippen LogP contribution in [-0.2, 0) is 10.0 Å². The van der Waals surface area contributed by atoms with Crippen molar-refractivity contribution in [2.45, 2.75) is 11.3 Å². The minimum Gasteiger partial charge on any atom is -0.207 e. The van der Waals surface area contributed by atoms with Gasteiger partial charge in [-0.3, -0.25) is 0 Å². The van der Waals surface area contributed by atoms with Gasteiger partial charge in [-0.2, -0.15) is 9.57 Å². The van der Waals surface area contributed by atoms with Crippen LogP contribution in [0.3, 0.4) is 0 Å². The number of nitriles is 1. The van der Waals surface area contributed by atoms with E-state index in [0.717, 1.165) is 5.39 Å². The predicted molar refractivity (Wildman–Crippen MR) is 74.0 cm³/mol. The van der Waals surface area contributed by atoms with Gasteiger partial charge in [0.2, 0.25) is 10.0 Å². The van der Waals surface area contributed by atoms with Gasteiger partial charge in [0, 0.05) is 25.4 Å². The van der Waals surface area contributed by atoms with Crippen LogP contribution in [0.25, 0.3) is 10.8 Å². The molecule has 0 saturated carbocycles. The maximum Gasteiger partial charge on any atom is 0.243 e. The number of nitrogens with zero attached hydrogens (tertiary/aromatic N) is 2. The number of hydrogen-bond donors (Lipinski definition) is 0. The smallest absolute Gasteiger partial charge is 0.207 e. The highest BCUT2D eigenvalue weighted by atomic mass is 32.2. The van der Waals surface area contributed by atoms with Crippen molar-refractivity contribution in [2.24, 2.45) is 0 Å². The van der Waals surface area contributed by atoms with Gasteiger partial charge in [-0.05, 0) is 11.5 Å². The Balaban J connectivity index is 2.52. The first kappa shape index (κ1) is 13.5. The normalized spacial score (nSPS) is 11.6. The van der Waals surface area contributed by atoms with Crippen LogP contribution in [0.2, 0.25) is 0 Å². The largest absolute Gasteiger partial charge is 0.243 e. The summed E-state index contributed by atoms with van der Waals surface area (Å²) in [6.07, 6.45) is 0.181. The van der Waals surface area contributed by atoms with Crippen LogP contribution in [0, 0.1) is 11.3 Å². The lowest BCUT2D eigenvalue weighted by atomic mass is 10.1. The van der Waals surface area contributed by atoms with Gasteiger partial charge in [0.25, 0.3) is 0 Å². The van der Waals surface area contributed by atoms with Gasteiger partial charge in [0.05, 0.1) is 11.0 Å². The summed E-state index contributed by atoms with van der Waals surface area (Å²) in [6, 6.07) is 14.5. The van der Waals surface area contributed by atoms with Crippen LogP contribution in [-0.4, -0.2) is 26.3 Å². The third kappa shape index (κ3) is 2.60. The van der Waals surface area contributed by atoms with Gasteiger partial charge in [-0.1, -0.05) is 36.4 Å². The Bertz CT molecular complexity index is 727. The van der Waals surface area contributed by atoms with Crippen LogP contribution in [0.5, 0.6) is 0 Å². The quantitative estimate of drug-likeness (QED) is 0.860. The third-order valence-corrected chi connectivity index (χ3v) is 4.89. The summed E-state index contributed by atoms with van der Waals surface area (Å²) in [6.45, 7) is 0.196. The van der Waals surface area contributed by atoms with Crippen molar-refractivity contribution >= 4 is 20.8 Å². The Morgan fingerprint density at radius 2 is 1.84 bits per heavy atom. The third-order valence-electron chi connectivity index (χ3n) is 2.98. The van der Waals surface area contributed by atoms with Crippen LogP contribution in [0.15, 0.2) is 47.4 Å². The molecule has 0 heterocycles. The fourth-order valence-corrected chi connectivity index (χ4v) is 3.30. The summed E-state index contributed by atoms with van der Waals surface area (Å²) in [5.41, 5.74) is 0. The average molecular weight is 274 g/mol. The van der Waals surface area contributed by atoms with E-state index < -0.39 is 10.0 Å². The summed E-state index contributed by atoms with van der Waals surface area (Å²) in [4.78, 5) is 0.283. The van der Waals surface area contributed by atoms with Gasteiger partial charge >= 0.3 is 0 Å². The van der Waals surface area contributed by atoms with Gasteiger partial charge < -0.3 is 0 Å². The molecule has 2 rings (SSSR count). The molecular formula is C14H14N2O2S. The molecule has 0 fully saturated rings. The molecule has 0 aliphatic heterocycles. The Morgan fingerprint density at radius 1 is 1.16 bits per heavy atom. The average Bonchev–Trinajstić information content (AvgIpc) is 2.43. The molecule has 0 saturated heterocycles. The van der Waals surface area contributed by atoms with Gasteiger partial charge in [0.1, 0.15) is 0 Å². The minimum absolute atomic E-state index is 0.181. The molecule has 0 amide bonds. The maximum atomic E-state index is 12.5. The fourth-order valence-electron chi connectivity index (χ4n) is 1.92. The molecule has 0 atom stereocenters. The van der Waals surface area contributed by atoms with Crippen molar-refractivity contribution in [3.8, 4) is 6.07 Å². The fraction of sp³-hybridized carbons (Fsp3) is 0.214. The van der Waals surface area contributed by atoms with Crippen LogP contribution in [0.1, 0.15) is 6.42 Å². The zero-order valence-electron chi connectivity index (χ0n) is 10.6. The second-order valence-corrected chi connectivity index (χ2v) is 6.23. The number of hydrogen-bond acceptors (Lipinski definition) is 3. The van der Waals surface area contributed by atoms with Gasteiger partial charge in [0.15, 0.2) is 0 Å². The first-order valence-corrected chi connectivity index (χ1v) is 7.32. The molecule has 5 heteroatoms. The molecule has 0 aliphatic carbocycles. The Kier molecular flexibility index (Phi) is 3.84. The summed E-state index contributed by atoms with van der Waals surface area (Å²) >= 11 is 0. The van der Waals surface area contributed by atoms with E-state index in [1.807, 2.05) is 30.3 Å². The molecule has 2 aromatic carbocycles. The summed E-state index contributed by atoms with van der Waals surface area (Å²) in [7, 11) is -2.06. The molecule has 0 bridgehead atoms. The molecule has 0 aliphatic rings. The van der Waals surface area contributed by atoms with Crippen molar-refractivity contribution < 1.29 is 8.42 Å². The number of sulfonamides is 1. The molecular weight excluding hydrogens is 260 g/mol. The van der Waals surface area contributed by atoms with Crippen molar-refractivity contribution in [3.63, 3.8) is 0 Å². The lowest BCUT2D eigenvalue weighted by molar-refractivity contribution is 0.477. The van der Waals surface area contributed by atoms with E-state index in [4.69, 9.17) is 5.26 Å². The molecule has 19 heavy (non-hydrogen) atoms. The van der Waals surface area contributed by atoms with Crippen molar-refractivity contribution in [3.05, 3.63) is 42.5 Å². The number of benzene rings is 2. The zero-order chi connectivity index (χ0) is 13.9. The molecule has 2 aromatic rings. The highest BCUT2D eigenvalue weighted by Crippen LogP contribution is 2.24. The standard InChI is InChI=1S/C14H14N2O2S/c1-16(11-5-10-15)19(17,18)14-9-4-7-12-6-2-3-8-13(12)14/h2-4,6-9H,5,11H2,1H3. The number of rotatable bonds is 4. The lowest BCUT2D eigenvalue weighted by Crippen LogP contribution is -2.27. The van der Waals surface area contributed by atoms with E-state index in [1.165, 1.54) is 11.4 Å². The van der Waals surface area contributed by atoms with Crippen molar-refractivity contribution in [2.75, 3.05) is 13.6 Å².